The van der Waals surface area contributed by atoms with E-state index in [-0.39, 0.29) is 12.2 Å². The van der Waals surface area contributed by atoms with Crippen LogP contribution in [0.3, 0.4) is 0 Å². The number of thioether (sulfide) groups is 1. The molecule has 0 spiro atoms. The molecule has 0 aromatic heterocycles. The van der Waals surface area contributed by atoms with E-state index in [2.05, 4.69) is 22.4 Å². The van der Waals surface area contributed by atoms with Crippen molar-refractivity contribution in [3.05, 3.63) is 12.7 Å². The number of thiocarbonyl (C=S) groups is 1. The molecule has 1 fully saturated rings. The third-order valence-electron chi connectivity index (χ3n) is 2.38. The van der Waals surface area contributed by atoms with Crippen LogP contribution in [0.1, 0.15) is 0 Å². The van der Waals surface area contributed by atoms with Crippen LogP contribution < -0.4 is 10.7 Å². The summed E-state index contributed by atoms with van der Waals surface area (Å²) in [7, 11) is 3.08. The lowest BCUT2D eigenvalue weighted by molar-refractivity contribution is -0.123. The Morgan fingerprint density at radius 2 is 2.35 bits per heavy atom. The third kappa shape index (κ3) is 5.08. The van der Waals surface area contributed by atoms with Crippen molar-refractivity contribution in [1.82, 2.24) is 15.6 Å². The van der Waals surface area contributed by atoms with Gasteiger partial charge in [0.15, 0.2) is 16.6 Å². The van der Waals surface area contributed by atoms with Crippen molar-refractivity contribution < 1.29 is 14.3 Å². The van der Waals surface area contributed by atoms with Crippen LogP contribution in [0.5, 0.6) is 0 Å². The van der Waals surface area contributed by atoms with Gasteiger partial charge in [-0.25, -0.2) is 0 Å². The second-order valence-corrected chi connectivity index (χ2v) is 5.05. The van der Waals surface area contributed by atoms with Gasteiger partial charge in [0.1, 0.15) is 0 Å². The fraction of sp³-hybridized carbons (Fsp3) is 0.545. The Morgan fingerprint density at radius 3 is 2.95 bits per heavy atom. The lowest BCUT2D eigenvalue weighted by Crippen LogP contribution is -2.39. The average molecular weight is 318 g/mol. The van der Waals surface area contributed by atoms with Crippen molar-refractivity contribution in [2.75, 3.05) is 33.1 Å². The first-order chi connectivity index (χ1) is 9.62. The molecule has 1 aliphatic rings. The molecule has 1 heterocycles. The number of methoxy groups -OCH3 is 2. The molecular formula is C11H18N4O3S2. The number of ether oxygens (including phenoxy) is 2. The molecule has 0 saturated carbocycles. The molecule has 0 aromatic rings. The number of hydrogen-bond donors (Lipinski definition) is 2. The van der Waals surface area contributed by atoms with Crippen molar-refractivity contribution in [2.45, 2.75) is 6.29 Å². The van der Waals surface area contributed by atoms with E-state index in [0.29, 0.717) is 29.1 Å². The number of carbonyl (C=O) groups is 1. The number of rotatable bonds is 7. The number of nitrogens with zero attached hydrogens (tertiary/aromatic N) is 2. The van der Waals surface area contributed by atoms with Gasteiger partial charge in [-0.1, -0.05) is 17.8 Å². The topological polar surface area (TPSA) is 75.2 Å². The molecule has 0 unspecified atom stereocenters. The highest BCUT2D eigenvalue weighted by Crippen LogP contribution is 2.18. The molecule has 0 atom stereocenters. The highest BCUT2D eigenvalue weighted by molar-refractivity contribution is 8.15. The minimum atomic E-state index is -0.387. The zero-order valence-corrected chi connectivity index (χ0v) is 13.1. The molecule has 0 aromatic carbocycles. The number of amidine groups is 1. The van der Waals surface area contributed by atoms with Gasteiger partial charge in [0, 0.05) is 20.8 Å². The summed E-state index contributed by atoms with van der Waals surface area (Å²) < 4.78 is 10.0. The lowest BCUT2D eigenvalue weighted by Gasteiger charge is -2.16. The number of amides is 1. The molecule has 9 heteroatoms. The number of hydrogen-bond acceptors (Lipinski definition) is 6. The van der Waals surface area contributed by atoms with Gasteiger partial charge >= 0.3 is 0 Å². The third-order valence-corrected chi connectivity index (χ3v) is 3.57. The molecule has 20 heavy (non-hydrogen) atoms. The Hall–Kier alpha value is -1.16. The fourth-order valence-electron chi connectivity index (χ4n) is 1.37. The van der Waals surface area contributed by atoms with Crippen LogP contribution in [0.25, 0.3) is 0 Å². The zero-order chi connectivity index (χ0) is 15.0. The van der Waals surface area contributed by atoms with Crippen LogP contribution in [0.4, 0.5) is 0 Å². The summed E-state index contributed by atoms with van der Waals surface area (Å²) in [6.45, 7) is 4.44. The van der Waals surface area contributed by atoms with Crippen molar-refractivity contribution in [2.24, 2.45) is 5.10 Å². The van der Waals surface area contributed by atoms with E-state index in [4.69, 9.17) is 21.7 Å². The fourth-order valence-corrected chi connectivity index (χ4v) is 2.35. The largest absolute Gasteiger partial charge is 0.356 e. The van der Waals surface area contributed by atoms with Gasteiger partial charge in [0.2, 0.25) is 5.91 Å². The van der Waals surface area contributed by atoms with E-state index < -0.39 is 0 Å². The van der Waals surface area contributed by atoms with Gasteiger partial charge in [-0.2, -0.15) is 0 Å². The quantitative estimate of drug-likeness (QED) is 0.298. The van der Waals surface area contributed by atoms with Crippen molar-refractivity contribution in [1.29, 1.82) is 0 Å². The SMILES string of the molecule is C=CCN1C(=O)CS/C1=N\NC(=S)NCC(OC)OC. The standard InChI is InChI=1S/C11H18N4O3S2/c1-4-5-15-8(16)7-20-11(15)14-13-10(19)12-6-9(17-2)18-3/h4,9H,1,5-7H2,2-3H3,(H2,12,13,19)/b14-11-. The van der Waals surface area contributed by atoms with Crippen LogP contribution in [-0.2, 0) is 14.3 Å². The predicted molar refractivity (Wildman–Crippen MR) is 83.3 cm³/mol. The molecule has 0 radical (unpaired) electrons. The molecule has 1 saturated heterocycles. The number of hydrazone groups is 1. The van der Waals surface area contributed by atoms with Gasteiger partial charge in [-0.3, -0.25) is 15.1 Å². The highest BCUT2D eigenvalue weighted by Gasteiger charge is 2.27. The first-order valence-electron chi connectivity index (χ1n) is 5.83. The molecule has 0 bridgehead atoms. The molecule has 1 aliphatic heterocycles. The van der Waals surface area contributed by atoms with Gasteiger partial charge in [-0.15, -0.1) is 11.7 Å². The van der Waals surface area contributed by atoms with Gasteiger partial charge < -0.3 is 14.8 Å². The summed E-state index contributed by atoms with van der Waals surface area (Å²) in [5.41, 5.74) is 2.69. The molecule has 2 N–H and O–H groups in total. The van der Waals surface area contributed by atoms with Gasteiger partial charge in [0.25, 0.3) is 0 Å². The van der Waals surface area contributed by atoms with E-state index in [1.807, 2.05) is 0 Å². The van der Waals surface area contributed by atoms with Gasteiger partial charge in [-0.05, 0) is 12.2 Å². The Labute approximate surface area is 127 Å². The smallest absolute Gasteiger partial charge is 0.239 e. The van der Waals surface area contributed by atoms with Crippen LogP contribution in [0, 0.1) is 0 Å². The highest BCUT2D eigenvalue weighted by atomic mass is 32.2. The van der Waals surface area contributed by atoms with E-state index in [0.717, 1.165) is 0 Å². The number of carbonyl (C=O) groups excluding carboxylic acids is 1. The summed E-state index contributed by atoms with van der Waals surface area (Å²) >= 11 is 6.42. The second kappa shape index (κ2) is 8.90. The normalized spacial score (nSPS) is 16.9. The van der Waals surface area contributed by atoms with E-state index >= 15 is 0 Å². The summed E-state index contributed by atoms with van der Waals surface area (Å²) in [5, 5.41) is 7.91. The van der Waals surface area contributed by atoms with Crippen molar-refractivity contribution in [3.63, 3.8) is 0 Å². The Morgan fingerprint density at radius 1 is 1.65 bits per heavy atom. The summed E-state index contributed by atoms with van der Waals surface area (Å²) in [6, 6.07) is 0. The van der Waals surface area contributed by atoms with E-state index in [1.165, 1.54) is 11.8 Å². The maximum absolute atomic E-state index is 11.6. The molecule has 112 valence electrons. The summed E-state index contributed by atoms with van der Waals surface area (Å²) in [6.07, 6.45) is 1.26. The molecule has 7 nitrogen and oxygen atoms in total. The minimum Gasteiger partial charge on any atom is -0.356 e. The van der Waals surface area contributed by atoms with Gasteiger partial charge in [0.05, 0.1) is 12.3 Å². The first-order valence-corrected chi connectivity index (χ1v) is 7.23. The number of nitrogens with one attached hydrogen (secondary N) is 2. The zero-order valence-electron chi connectivity index (χ0n) is 11.4. The minimum absolute atomic E-state index is 0.00755. The second-order valence-electron chi connectivity index (χ2n) is 3.70. The monoisotopic (exact) mass is 318 g/mol. The van der Waals surface area contributed by atoms with Crippen molar-refractivity contribution in [3.8, 4) is 0 Å². The lowest BCUT2D eigenvalue weighted by atomic mass is 10.5. The Bertz CT molecular complexity index is 399. The predicted octanol–water partition coefficient (Wildman–Crippen LogP) is 0.102. The van der Waals surface area contributed by atoms with Crippen LogP contribution in [0.15, 0.2) is 17.8 Å². The first kappa shape index (κ1) is 16.9. The average Bonchev–Trinajstić information content (AvgIpc) is 2.79. The van der Waals surface area contributed by atoms with E-state index in [9.17, 15) is 4.79 Å². The van der Waals surface area contributed by atoms with Crippen molar-refractivity contribution >= 4 is 40.2 Å². The van der Waals surface area contributed by atoms with E-state index in [1.54, 1.807) is 25.2 Å². The molecule has 0 aliphatic carbocycles. The maximum atomic E-state index is 11.6. The Balaban J connectivity index is 2.44. The van der Waals surface area contributed by atoms with Crippen LogP contribution >= 0.6 is 24.0 Å². The molecule has 1 rings (SSSR count). The van der Waals surface area contributed by atoms with Crippen LogP contribution in [0.2, 0.25) is 0 Å². The maximum Gasteiger partial charge on any atom is 0.239 e. The summed E-state index contributed by atoms with van der Waals surface area (Å²) in [5.74, 6) is 0.386. The molecular weight excluding hydrogens is 300 g/mol. The summed E-state index contributed by atoms with van der Waals surface area (Å²) in [4.78, 5) is 13.1. The molecule has 1 amide bonds. The Kier molecular flexibility index (Phi) is 7.52. The van der Waals surface area contributed by atoms with Crippen LogP contribution in [-0.4, -0.2) is 60.4 Å².